The van der Waals surface area contributed by atoms with Gasteiger partial charge in [-0.25, -0.2) is 5.06 Å². The standard InChI is InChI=1S/C16H33N2O3P/c1-7-11-16(4,5)12-10-14(22(6,21)9-3)17-13-15(19)18(20)8-2/h7,11,14,17,20H,8-10,12-13H2,1-6H3/b11-7-. The lowest BCUT2D eigenvalue weighted by Gasteiger charge is -2.29. The first kappa shape index (κ1) is 21.4. The Morgan fingerprint density at radius 1 is 1.41 bits per heavy atom. The second kappa shape index (κ2) is 9.49. The van der Waals surface area contributed by atoms with Crippen LogP contribution in [-0.2, 0) is 9.36 Å². The first-order valence-corrected chi connectivity index (χ1v) is 10.4. The van der Waals surface area contributed by atoms with Crippen LogP contribution in [0.4, 0.5) is 0 Å². The highest BCUT2D eigenvalue weighted by Crippen LogP contribution is 2.47. The van der Waals surface area contributed by atoms with E-state index >= 15 is 0 Å². The fourth-order valence-electron chi connectivity index (χ4n) is 2.30. The maximum absolute atomic E-state index is 12.7. The van der Waals surface area contributed by atoms with Crippen LogP contribution in [0, 0.1) is 5.41 Å². The number of hydroxylamine groups is 2. The van der Waals surface area contributed by atoms with Gasteiger partial charge in [0.15, 0.2) is 0 Å². The minimum Gasteiger partial charge on any atom is -0.322 e. The second-order valence-electron chi connectivity index (χ2n) is 6.52. The van der Waals surface area contributed by atoms with Crippen LogP contribution in [0.3, 0.4) is 0 Å². The van der Waals surface area contributed by atoms with E-state index in [-0.39, 0.29) is 24.3 Å². The summed E-state index contributed by atoms with van der Waals surface area (Å²) in [6, 6.07) is 0. The van der Waals surface area contributed by atoms with Crippen LogP contribution in [0.15, 0.2) is 12.2 Å². The normalized spacial score (nSPS) is 16.5. The Kier molecular flexibility index (Phi) is 9.21. The third-order valence-electron chi connectivity index (χ3n) is 4.04. The molecule has 0 radical (unpaired) electrons. The van der Waals surface area contributed by atoms with Crippen LogP contribution in [0.25, 0.3) is 0 Å². The van der Waals surface area contributed by atoms with Gasteiger partial charge in [-0.05, 0) is 44.9 Å². The molecule has 6 heteroatoms. The molecule has 0 fully saturated rings. The van der Waals surface area contributed by atoms with E-state index in [9.17, 15) is 14.6 Å². The van der Waals surface area contributed by atoms with E-state index in [1.54, 1.807) is 13.6 Å². The first-order valence-electron chi connectivity index (χ1n) is 8.02. The van der Waals surface area contributed by atoms with Gasteiger partial charge in [0.05, 0.1) is 12.3 Å². The van der Waals surface area contributed by atoms with Crippen molar-refractivity contribution in [3.63, 3.8) is 0 Å². The molecule has 1 amide bonds. The number of rotatable bonds is 10. The fraction of sp³-hybridized carbons (Fsp3) is 0.812. The molecule has 5 nitrogen and oxygen atoms in total. The maximum atomic E-state index is 12.7. The molecule has 0 aromatic rings. The van der Waals surface area contributed by atoms with E-state index in [0.29, 0.717) is 11.2 Å². The van der Waals surface area contributed by atoms with Gasteiger partial charge in [0.1, 0.15) is 7.14 Å². The van der Waals surface area contributed by atoms with Gasteiger partial charge in [-0.3, -0.25) is 15.3 Å². The Labute approximate surface area is 135 Å². The monoisotopic (exact) mass is 332 g/mol. The Morgan fingerprint density at radius 2 is 2.00 bits per heavy atom. The average Bonchev–Trinajstić information content (AvgIpc) is 2.45. The number of hydrogen-bond acceptors (Lipinski definition) is 4. The van der Waals surface area contributed by atoms with Gasteiger partial charge in [0.25, 0.3) is 5.91 Å². The molecule has 0 saturated carbocycles. The van der Waals surface area contributed by atoms with Gasteiger partial charge in [-0.1, -0.05) is 32.9 Å². The van der Waals surface area contributed by atoms with Crippen molar-refractivity contribution in [2.75, 3.05) is 25.9 Å². The molecule has 2 atom stereocenters. The quantitative estimate of drug-likeness (QED) is 0.278. The molecule has 2 unspecified atom stereocenters. The van der Waals surface area contributed by atoms with Gasteiger partial charge in [-0.15, -0.1) is 0 Å². The third-order valence-corrected chi connectivity index (χ3v) is 7.06. The van der Waals surface area contributed by atoms with Crippen molar-refractivity contribution >= 4 is 13.0 Å². The van der Waals surface area contributed by atoms with Gasteiger partial charge in [-0.2, -0.15) is 0 Å². The van der Waals surface area contributed by atoms with Gasteiger partial charge in [0.2, 0.25) is 0 Å². The summed E-state index contributed by atoms with van der Waals surface area (Å²) < 4.78 is 12.7. The molecule has 0 saturated heterocycles. The molecule has 0 heterocycles. The summed E-state index contributed by atoms with van der Waals surface area (Å²) in [4.78, 5) is 11.7. The summed E-state index contributed by atoms with van der Waals surface area (Å²) in [5.74, 6) is -0.590. The molecular weight excluding hydrogens is 299 g/mol. The lowest BCUT2D eigenvalue weighted by atomic mass is 9.87. The van der Waals surface area contributed by atoms with E-state index in [1.807, 2.05) is 19.9 Å². The van der Waals surface area contributed by atoms with Crippen LogP contribution in [0.2, 0.25) is 0 Å². The molecule has 2 N–H and O–H groups in total. The number of hydrogen-bond donors (Lipinski definition) is 2. The summed E-state index contributed by atoms with van der Waals surface area (Å²) in [5.41, 5.74) is 0.0405. The molecule has 0 aliphatic carbocycles. The zero-order valence-electron chi connectivity index (χ0n) is 14.9. The predicted octanol–water partition coefficient (Wildman–Crippen LogP) is 3.54. The van der Waals surface area contributed by atoms with Gasteiger partial charge in [0, 0.05) is 6.54 Å². The van der Waals surface area contributed by atoms with Gasteiger partial charge >= 0.3 is 0 Å². The number of nitrogens with zero attached hydrogens (tertiary/aromatic N) is 1. The van der Waals surface area contributed by atoms with Crippen molar-refractivity contribution in [1.29, 1.82) is 0 Å². The van der Waals surface area contributed by atoms with Crippen molar-refractivity contribution in [2.24, 2.45) is 5.41 Å². The third kappa shape index (κ3) is 7.57. The van der Waals surface area contributed by atoms with Crippen molar-refractivity contribution in [3.05, 3.63) is 12.2 Å². The molecular formula is C16H33N2O3P. The minimum atomic E-state index is -2.37. The maximum Gasteiger partial charge on any atom is 0.259 e. The van der Waals surface area contributed by atoms with Crippen LogP contribution in [0.5, 0.6) is 0 Å². The van der Waals surface area contributed by atoms with Crippen molar-refractivity contribution < 1.29 is 14.6 Å². The van der Waals surface area contributed by atoms with E-state index < -0.39 is 13.0 Å². The van der Waals surface area contributed by atoms with Gasteiger partial charge < -0.3 is 4.57 Å². The SMILES string of the molecule is C/C=C\C(C)(C)CCC(NCC(=O)N(O)CC)P(C)(=O)CC. The number of carbonyl (C=O) groups is 1. The highest BCUT2D eigenvalue weighted by molar-refractivity contribution is 7.63. The van der Waals surface area contributed by atoms with Crippen LogP contribution >= 0.6 is 7.14 Å². The fourth-order valence-corrected chi connectivity index (χ4v) is 3.90. The zero-order valence-corrected chi connectivity index (χ0v) is 15.8. The topological polar surface area (TPSA) is 69.6 Å². The summed E-state index contributed by atoms with van der Waals surface area (Å²) in [7, 11) is -2.37. The number of nitrogens with one attached hydrogen (secondary N) is 1. The summed E-state index contributed by atoms with van der Waals surface area (Å²) >= 11 is 0. The minimum absolute atomic E-state index is 0.0108. The summed E-state index contributed by atoms with van der Waals surface area (Å²) in [5, 5.41) is 13.2. The molecule has 0 aliphatic heterocycles. The Balaban J connectivity index is 4.80. The highest BCUT2D eigenvalue weighted by atomic mass is 31.2. The van der Waals surface area contributed by atoms with Crippen LogP contribution in [0.1, 0.15) is 47.5 Å². The molecule has 0 aromatic heterocycles. The average molecular weight is 332 g/mol. The lowest BCUT2D eigenvalue weighted by Crippen LogP contribution is -2.40. The van der Waals surface area contributed by atoms with E-state index in [2.05, 4.69) is 25.2 Å². The molecule has 0 rings (SSSR count). The molecule has 22 heavy (non-hydrogen) atoms. The van der Waals surface area contributed by atoms with E-state index in [4.69, 9.17) is 0 Å². The van der Waals surface area contributed by atoms with Crippen LogP contribution in [-0.4, -0.2) is 47.9 Å². The number of likely N-dealkylation sites (N-methyl/N-ethyl adjacent to an activating group) is 1. The van der Waals surface area contributed by atoms with Crippen molar-refractivity contribution in [2.45, 2.75) is 53.2 Å². The Morgan fingerprint density at radius 3 is 2.45 bits per heavy atom. The van der Waals surface area contributed by atoms with Crippen LogP contribution < -0.4 is 5.32 Å². The summed E-state index contributed by atoms with van der Waals surface area (Å²) in [6.45, 7) is 11.9. The molecule has 0 aromatic carbocycles. The molecule has 130 valence electrons. The molecule has 0 aliphatic rings. The highest BCUT2D eigenvalue weighted by Gasteiger charge is 2.28. The first-order chi connectivity index (χ1) is 10.1. The second-order valence-corrected chi connectivity index (χ2v) is 10.1. The van der Waals surface area contributed by atoms with E-state index in [0.717, 1.165) is 12.8 Å². The van der Waals surface area contributed by atoms with Crippen molar-refractivity contribution in [1.82, 2.24) is 10.4 Å². The largest absolute Gasteiger partial charge is 0.322 e. The smallest absolute Gasteiger partial charge is 0.259 e. The summed E-state index contributed by atoms with van der Waals surface area (Å²) in [6.07, 6.45) is 6.40. The Hall–Kier alpha value is -0.640. The zero-order chi connectivity index (χ0) is 17.4. The van der Waals surface area contributed by atoms with Crippen molar-refractivity contribution in [3.8, 4) is 0 Å². The molecule has 0 bridgehead atoms. The predicted molar refractivity (Wildman–Crippen MR) is 92.9 cm³/mol. The van der Waals surface area contributed by atoms with E-state index in [1.165, 1.54) is 0 Å². The lowest BCUT2D eigenvalue weighted by molar-refractivity contribution is -0.163. The Bertz CT molecular complexity index is 422. The number of amides is 1. The number of allylic oxidation sites excluding steroid dienone is 2. The molecule has 0 spiro atoms. The number of carbonyl (C=O) groups excluding carboxylic acids is 1.